The smallest absolute Gasteiger partial charge is 0.165 e. The highest BCUT2D eigenvalue weighted by molar-refractivity contribution is 4.88. The third kappa shape index (κ3) is 1.25. The molecule has 0 saturated heterocycles. The molecule has 1 saturated carbocycles. The largest absolute Gasteiger partial charge is 0.244 e. The Bertz CT molecular complexity index is 102. The number of hydrogen-bond acceptors (Lipinski definition) is 0. The first-order valence-electron chi connectivity index (χ1n) is 3.19. The molecule has 0 heterocycles. The number of halogens is 4. The fourth-order valence-corrected chi connectivity index (χ4v) is 1.04. The van der Waals surface area contributed by atoms with E-state index in [0.29, 0.717) is 0 Å². The Morgan fingerprint density at radius 1 is 0.700 bits per heavy atom. The summed E-state index contributed by atoms with van der Waals surface area (Å²) in [7, 11) is 0. The van der Waals surface area contributed by atoms with Crippen LogP contribution in [0.4, 0.5) is 17.6 Å². The zero-order chi connectivity index (χ0) is 7.72. The molecule has 0 aromatic heterocycles. The predicted octanol–water partition coefficient (Wildman–Crippen LogP) is 2.13. The van der Waals surface area contributed by atoms with Crippen molar-refractivity contribution in [3.63, 3.8) is 0 Å². The minimum absolute atomic E-state index is 0.206. The van der Waals surface area contributed by atoms with Crippen LogP contribution >= 0.6 is 0 Å². The Morgan fingerprint density at radius 3 is 1.30 bits per heavy atom. The van der Waals surface area contributed by atoms with Gasteiger partial charge in [0.1, 0.15) is 12.3 Å². The van der Waals surface area contributed by atoms with Crippen LogP contribution in [-0.4, -0.2) is 24.7 Å². The highest BCUT2D eigenvalue weighted by Crippen LogP contribution is 2.28. The van der Waals surface area contributed by atoms with Crippen LogP contribution in [-0.2, 0) is 0 Å². The van der Waals surface area contributed by atoms with Gasteiger partial charge in [0.05, 0.1) is 0 Å². The van der Waals surface area contributed by atoms with Gasteiger partial charge in [0, 0.05) is 0 Å². The van der Waals surface area contributed by atoms with Crippen molar-refractivity contribution >= 4 is 0 Å². The summed E-state index contributed by atoms with van der Waals surface area (Å²) in [4.78, 5) is 0. The molecule has 4 heteroatoms. The lowest BCUT2D eigenvalue weighted by Crippen LogP contribution is -2.40. The van der Waals surface area contributed by atoms with Crippen LogP contribution in [0.1, 0.15) is 12.8 Å². The van der Waals surface area contributed by atoms with E-state index in [2.05, 4.69) is 0 Å². The molecule has 1 aliphatic carbocycles. The Morgan fingerprint density at radius 2 is 1.00 bits per heavy atom. The van der Waals surface area contributed by atoms with E-state index in [1.165, 1.54) is 0 Å². The Kier molecular flexibility index (Phi) is 2.16. The highest BCUT2D eigenvalue weighted by atomic mass is 19.2. The van der Waals surface area contributed by atoms with Crippen molar-refractivity contribution in [2.45, 2.75) is 37.5 Å². The van der Waals surface area contributed by atoms with Crippen LogP contribution < -0.4 is 0 Å². The number of hydrogen-bond donors (Lipinski definition) is 0. The molecule has 0 nitrogen and oxygen atoms in total. The summed E-state index contributed by atoms with van der Waals surface area (Å²) < 4.78 is 48.9. The van der Waals surface area contributed by atoms with Gasteiger partial charge in [0.2, 0.25) is 0 Å². The van der Waals surface area contributed by atoms with Crippen LogP contribution in [0.2, 0.25) is 0 Å². The Labute approximate surface area is 56.2 Å². The second-order valence-corrected chi connectivity index (χ2v) is 2.50. The maximum absolute atomic E-state index is 12.2. The van der Waals surface area contributed by atoms with E-state index in [9.17, 15) is 17.6 Å². The fourth-order valence-electron chi connectivity index (χ4n) is 1.04. The lowest BCUT2D eigenvalue weighted by atomic mass is 9.94. The molecule has 0 aromatic rings. The van der Waals surface area contributed by atoms with Crippen molar-refractivity contribution in [1.82, 2.24) is 0 Å². The van der Waals surface area contributed by atoms with Crippen molar-refractivity contribution in [3.05, 3.63) is 0 Å². The van der Waals surface area contributed by atoms with E-state index < -0.39 is 24.7 Å². The molecule has 1 rings (SSSR count). The molecule has 60 valence electrons. The lowest BCUT2D eigenvalue weighted by molar-refractivity contribution is -0.00803. The van der Waals surface area contributed by atoms with Crippen molar-refractivity contribution in [2.24, 2.45) is 0 Å². The van der Waals surface area contributed by atoms with Crippen LogP contribution in [0.15, 0.2) is 0 Å². The summed E-state index contributed by atoms with van der Waals surface area (Å²) in [6, 6.07) is 0. The Balaban J connectivity index is 2.52. The predicted molar refractivity (Wildman–Crippen MR) is 28.8 cm³/mol. The standard InChI is InChI=1S/C6H8F4/c7-3-1-2-4(8)6(10)5(3)9/h3-6H,1-2H2/t3-,4+,5-,6+. The molecule has 0 radical (unpaired) electrons. The van der Waals surface area contributed by atoms with Gasteiger partial charge in [-0.05, 0) is 12.8 Å². The summed E-state index contributed by atoms with van der Waals surface area (Å²) in [6.07, 6.45) is -8.57. The monoisotopic (exact) mass is 156 g/mol. The molecule has 0 aliphatic heterocycles. The zero-order valence-corrected chi connectivity index (χ0v) is 5.24. The summed E-state index contributed by atoms with van der Waals surface area (Å²) >= 11 is 0. The Hall–Kier alpha value is -0.280. The molecule has 0 aromatic carbocycles. The molecule has 0 spiro atoms. The van der Waals surface area contributed by atoms with Gasteiger partial charge in [-0.3, -0.25) is 0 Å². The topological polar surface area (TPSA) is 0 Å². The van der Waals surface area contributed by atoms with E-state index in [-0.39, 0.29) is 12.8 Å². The lowest BCUT2D eigenvalue weighted by Gasteiger charge is -2.25. The first-order chi connectivity index (χ1) is 4.63. The minimum atomic E-state index is -2.26. The molecule has 1 fully saturated rings. The SMILES string of the molecule is F[C@@H]1[C@H](F)[C@H](F)CC[C@@H]1F. The number of rotatable bonds is 0. The third-order valence-corrected chi connectivity index (χ3v) is 1.71. The second-order valence-electron chi connectivity index (χ2n) is 2.50. The second kappa shape index (κ2) is 2.76. The third-order valence-electron chi connectivity index (χ3n) is 1.71. The van der Waals surface area contributed by atoms with Crippen molar-refractivity contribution in [3.8, 4) is 0 Å². The molecule has 4 atom stereocenters. The molecule has 1 aliphatic rings. The van der Waals surface area contributed by atoms with E-state index in [4.69, 9.17) is 0 Å². The highest BCUT2D eigenvalue weighted by Gasteiger charge is 2.40. The van der Waals surface area contributed by atoms with Crippen LogP contribution in [0, 0.1) is 0 Å². The maximum Gasteiger partial charge on any atom is 0.165 e. The summed E-state index contributed by atoms with van der Waals surface area (Å²) in [5, 5.41) is 0. The van der Waals surface area contributed by atoms with Gasteiger partial charge >= 0.3 is 0 Å². The van der Waals surface area contributed by atoms with Gasteiger partial charge in [-0.15, -0.1) is 0 Å². The fraction of sp³-hybridized carbons (Fsp3) is 1.00. The molecule has 0 unspecified atom stereocenters. The summed E-state index contributed by atoms with van der Waals surface area (Å²) in [5.41, 5.74) is 0. The molecule has 0 N–H and O–H groups in total. The quantitative estimate of drug-likeness (QED) is 0.471. The summed E-state index contributed by atoms with van der Waals surface area (Å²) in [5.74, 6) is 0. The van der Waals surface area contributed by atoms with Crippen LogP contribution in [0.3, 0.4) is 0 Å². The first-order valence-corrected chi connectivity index (χ1v) is 3.19. The average Bonchev–Trinajstić information content (AvgIpc) is 1.93. The number of alkyl halides is 4. The molecular weight excluding hydrogens is 148 g/mol. The average molecular weight is 156 g/mol. The van der Waals surface area contributed by atoms with Crippen molar-refractivity contribution < 1.29 is 17.6 Å². The van der Waals surface area contributed by atoms with E-state index in [0.717, 1.165) is 0 Å². The minimum Gasteiger partial charge on any atom is -0.244 e. The summed E-state index contributed by atoms with van der Waals surface area (Å²) in [6.45, 7) is 0. The molecule has 0 bridgehead atoms. The molecular formula is C6H8F4. The van der Waals surface area contributed by atoms with E-state index >= 15 is 0 Å². The maximum atomic E-state index is 12.2. The zero-order valence-electron chi connectivity index (χ0n) is 5.24. The van der Waals surface area contributed by atoms with Crippen LogP contribution in [0.5, 0.6) is 0 Å². The first kappa shape index (κ1) is 7.82. The van der Waals surface area contributed by atoms with Crippen molar-refractivity contribution in [2.75, 3.05) is 0 Å². The van der Waals surface area contributed by atoms with Gasteiger partial charge in [-0.25, -0.2) is 17.6 Å². The van der Waals surface area contributed by atoms with Gasteiger partial charge in [0.25, 0.3) is 0 Å². The molecule has 0 amide bonds. The van der Waals surface area contributed by atoms with Gasteiger partial charge in [-0.1, -0.05) is 0 Å². The normalized spacial score (nSPS) is 49.2. The van der Waals surface area contributed by atoms with Gasteiger partial charge in [0.15, 0.2) is 12.3 Å². The van der Waals surface area contributed by atoms with E-state index in [1.54, 1.807) is 0 Å². The van der Waals surface area contributed by atoms with Gasteiger partial charge in [-0.2, -0.15) is 0 Å². The van der Waals surface area contributed by atoms with Crippen LogP contribution in [0.25, 0.3) is 0 Å². The van der Waals surface area contributed by atoms with Gasteiger partial charge < -0.3 is 0 Å². The molecule has 10 heavy (non-hydrogen) atoms. The van der Waals surface area contributed by atoms with E-state index in [1.807, 2.05) is 0 Å². The van der Waals surface area contributed by atoms with Crippen molar-refractivity contribution in [1.29, 1.82) is 0 Å².